The molecule has 0 aliphatic carbocycles. The molecule has 2 saturated heterocycles. The van der Waals surface area contributed by atoms with Gasteiger partial charge in [0.05, 0.1) is 17.4 Å². The molecule has 0 saturated carbocycles. The molecule has 31 heavy (non-hydrogen) atoms. The molecule has 166 valence electrons. The number of carbonyl (C=O) groups excluding carboxylic acids is 1. The normalized spacial score (nSPS) is 22.5. The summed E-state index contributed by atoms with van der Waals surface area (Å²) < 4.78 is 33.1. The summed E-state index contributed by atoms with van der Waals surface area (Å²) in [5.41, 5.74) is 1.48. The molecule has 0 aromatic heterocycles. The van der Waals surface area contributed by atoms with E-state index in [0.29, 0.717) is 37.6 Å². The number of hydrogen-bond donors (Lipinski definition) is 0. The van der Waals surface area contributed by atoms with Gasteiger partial charge < -0.3 is 9.64 Å². The van der Waals surface area contributed by atoms with Gasteiger partial charge in [-0.3, -0.25) is 4.79 Å². The first-order valence-electron chi connectivity index (χ1n) is 10.8. The van der Waals surface area contributed by atoms with Crippen LogP contribution in [0.25, 0.3) is 0 Å². The second kappa shape index (κ2) is 8.28. The van der Waals surface area contributed by atoms with E-state index in [1.165, 1.54) is 9.87 Å². The van der Waals surface area contributed by atoms with Crippen LogP contribution in [-0.4, -0.2) is 45.4 Å². The Kier molecular flexibility index (Phi) is 5.83. The molecule has 2 aliphatic heterocycles. The van der Waals surface area contributed by atoms with Crippen LogP contribution in [0.1, 0.15) is 44.6 Å². The number of methoxy groups -OCH3 is 1. The van der Waals surface area contributed by atoms with Crippen LogP contribution in [-0.2, 0) is 14.8 Å². The Bertz CT molecular complexity index is 1050. The fourth-order valence-electron chi connectivity index (χ4n) is 4.68. The molecule has 2 fully saturated rings. The van der Waals surface area contributed by atoms with Gasteiger partial charge in [0.2, 0.25) is 15.9 Å². The third-order valence-corrected chi connectivity index (χ3v) is 8.48. The Morgan fingerprint density at radius 2 is 1.65 bits per heavy atom. The number of amides is 1. The van der Waals surface area contributed by atoms with E-state index in [4.69, 9.17) is 4.74 Å². The fraction of sp³-hybridized carbons (Fsp3) is 0.458. The third kappa shape index (κ3) is 3.96. The van der Waals surface area contributed by atoms with E-state index in [0.717, 1.165) is 12.1 Å². The number of carbonyl (C=O) groups is 1. The third-order valence-electron chi connectivity index (χ3n) is 6.62. The van der Waals surface area contributed by atoms with Crippen molar-refractivity contribution < 1.29 is 17.9 Å². The van der Waals surface area contributed by atoms with Crippen LogP contribution in [0.15, 0.2) is 53.4 Å². The summed E-state index contributed by atoms with van der Waals surface area (Å²) in [5, 5.41) is 0. The van der Waals surface area contributed by atoms with E-state index in [-0.39, 0.29) is 17.3 Å². The Morgan fingerprint density at radius 1 is 0.968 bits per heavy atom. The van der Waals surface area contributed by atoms with Gasteiger partial charge in [0.25, 0.3) is 0 Å². The lowest BCUT2D eigenvalue weighted by atomic mass is 9.79. The maximum Gasteiger partial charge on any atom is 0.243 e. The first-order valence-corrected chi connectivity index (χ1v) is 12.3. The van der Waals surface area contributed by atoms with Crippen molar-refractivity contribution in [3.05, 3.63) is 54.1 Å². The maximum absolute atomic E-state index is 13.5. The van der Waals surface area contributed by atoms with Crippen LogP contribution in [0.2, 0.25) is 0 Å². The fourth-order valence-corrected chi connectivity index (χ4v) is 6.24. The molecule has 0 radical (unpaired) electrons. The highest BCUT2D eigenvalue weighted by molar-refractivity contribution is 7.89. The number of hydrogen-bond acceptors (Lipinski definition) is 4. The number of piperidine rings is 1. The number of benzene rings is 2. The van der Waals surface area contributed by atoms with Gasteiger partial charge in [-0.2, -0.15) is 4.31 Å². The lowest BCUT2D eigenvalue weighted by Gasteiger charge is -2.38. The molecule has 1 amide bonds. The predicted octanol–water partition coefficient (Wildman–Crippen LogP) is 4.03. The molecule has 2 aliphatic rings. The molecule has 2 heterocycles. The predicted molar refractivity (Wildman–Crippen MR) is 121 cm³/mol. The summed E-state index contributed by atoms with van der Waals surface area (Å²) in [6.45, 7) is 5.58. The number of ether oxygens (including phenoxy) is 1. The van der Waals surface area contributed by atoms with Crippen molar-refractivity contribution in [3.8, 4) is 5.75 Å². The van der Waals surface area contributed by atoms with Gasteiger partial charge in [-0.1, -0.05) is 26.0 Å². The standard InChI is InChI=1S/C24H30N2O4S/c1-18(2)19-5-7-20(8-6-19)26-16-14-24(23(26)27)13-4-15-25(17-24)31(28,29)22-11-9-21(30-3)10-12-22/h5-12,18H,4,13-17H2,1-3H3. The Labute approximate surface area is 184 Å². The second-order valence-electron chi connectivity index (χ2n) is 8.85. The molecule has 0 bridgehead atoms. The summed E-state index contributed by atoms with van der Waals surface area (Å²) in [6.07, 6.45) is 2.08. The quantitative estimate of drug-likeness (QED) is 0.701. The van der Waals surface area contributed by atoms with Crippen molar-refractivity contribution in [2.24, 2.45) is 5.41 Å². The minimum absolute atomic E-state index is 0.0411. The molecule has 7 heteroatoms. The number of anilines is 1. The first kappa shape index (κ1) is 21.8. The zero-order valence-corrected chi connectivity index (χ0v) is 19.2. The molecule has 2 aromatic rings. The van der Waals surface area contributed by atoms with Gasteiger partial charge >= 0.3 is 0 Å². The van der Waals surface area contributed by atoms with Crippen LogP contribution in [0.4, 0.5) is 5.69 Å². The van der Waals surface area contributed by atoms with Crippen molar-refractivity contribution >= 4 is 21.6 Å². The Balaban J connectivity index is 1.55. The summed E-state index contributed by atoms with van der Waals surface area (Å²) in [5.74, 6) is 1.09. The Morgan fingerprint density at radius 3 is 2.26 bits per heavy atom. The average molecular weight is 443 g/mol. The zero-order valence-electron chi connectivity index (χ0n) is 18.4. The van der Waals surface area contributed by atoms with Crippen molar-refractivity contribution in [1.29, 1.82) is 0 Å². The largest absolute Gasteiger partial charge is 0.497 e. The van der Waals surface area contributed by atoms with Crippen LogP contribution in [0.3, 0.4) is 0 Å². The van der Waals surface area contributed by atoms with Crippen molar-refractivity contribution in [1.82, 2.24) is 4.31 Å². The van der Waals surface area contributed by atoms with Gasteiger partial charge in [-0.25, -0.2) is 8.42 Å². The molecule has 6 nitrogen and oxygen atoms in total. The number of nitrogens with zero attached hydrogens (tertiary/aromatic N) is 2. The van der Waals surface area contributed by atoms with Crippen molar-refractivity contribution in [3.63, 3.8) is 0 Å². The monoisotopic (exact) mass is 442 g/mol. The molecular weight excluding hydrogens is 412 g/mol. The van der Waals surface area contributed by atoms with Gasteiger partial charge in [0.1, 0.15) is 5.75 Å². The SMILES string of the molecule is COc1ccc(S(=O)(=O)N2CCCC3(CCN(c4ccc(C(C)C)cc4)C3=O)C2)cc1. The van der Waals surface area contributed by atoms with Crippen LogP contribution >= 0.6 is 0 Å². The van der Waals surface area contributed by atoms with E-state index in [1.807, 2.05) is 17.0 Å². The molecule has 2 aromatic carbocycles. The molecule has 1 unspecified atom stereocenters. The number of sulfonamides is 1. The van der Waals surface area contributed by atoms with Gasteiger partial charge in [-0.05, 0) is 67.1 Å². The van der Waals surface area contributed by atoms with Gasteiger partial charge in [-0.15, -0.1) is 0 Å². The lowest BCUT2D eigenvalue weighted by molar-refractivity contribution is -0.127. The number of rotatable bonds is 5. The van der Waals surface area contributed by atoms with Gasteiger partial charge in [0.15, 0.2) is 0 Å². The Hall–Kier alpha value is -2.38. The van der Waals surface area contributed by atoms with E-state index in [2.05, 4.69) is 26.0 Å². The van der Waals surface area contributed by atoms with Gasteiger partial charge in [0, 0.05) is 25.3 Å². The van der Waals surface area contributed by atoms with E-state index in [9.17, 15) is 13.2 Å². The average Bonchev–Trinajstić information content (AvgIpc) is 3.09. The highest BCUT2D eigenvalue weighted by Crippen LogP contribution is 2.43. The lowest BCUT2D eigenvalue weighted by Crippen LogP contribution is -2.49. The van der Waals surface area contributed by atoms with E-state index < -0.39 is 15.4 Å². The first-order chi connectivity index (χ1) is 14.8. The van der Waals surface area contributed by atoms with Crippen LogP contribution in [0, 0.1) is 5.41 Å². The molecule has 1 atom stereocenters. The van der Waals surface area contributed by atoms with E-state index >= 15 is 0 Å². The minimum atomic E-state index is -3.66. The minimum Gasteiger partial charge on any atom is -0.497 e. The topological polar surface area (TPSA) is 66.9 Å². The molecule has 4 rings (SSSR count). The summed E-state index contributed by atoms with van der Waals surface area (Å²) >= 11 is 0. The van der Waals surface area contributed by atoms with Crippen LogP contribution in [0.5, 0.6) is 5.75 Å². The van der Waals surface area contributed by atoms with Crippen LogP contribution < -0.4 is 9.64 Å². The smallest absolute Gasteiger partial charge is 0.243 e. The zero-order chi connectivity index (χ0) is 22.2. The molecule has 1 spiro atoms. The molecule has 0 N–H and O–H groups in total. The second-order valence-corrected chi connectivity index (χ2v) is 10.8. The van der Waals surface area contributed by atoms with Crippen molar-refractivity contribution in [2.45, 2.75) is 43.9 Å². The highest BCUT2D eigenvalue weighted by atomic mass is 32.2. The molecular formula is C24H30N2O4S. The maximum atomic E-state index is 13.5. The van der Waals surface area contributed by atoms with E-state index in [1.54, 1.807) is 31.4 Å². The van der Waals surface area contributed by atoms with Crippen molar-refractivity contribution in [2.75, 3.05) is 31.6 Å². The summed E-state index contributed by atoms with van der Waals surface area (Å²) in [4.78, 5) is 15.5. The summed E-state index contributed by atoms with van der Waals surface area (Å²) in [7, 11) is -2.12. The highest BCUT2D eigenvalue weighted by Gasteiger charge is 2.51. The summed E-state index contributed by atoms with van der Waals surface area (Å²) in [6, 6.07) is 14.6.